The maximum atomic E-state index is 11.6. The summed E-state index contributed by atoms with van der Waals surface area (Å²) in [5.41, 5.74) is 5.06. The van der Waals surface area contributed by atoms with Crippen molar-refractivity contribution >= 4 is 11.8 Å². The number of rotatable bonds is 2. The van der Waals surface area contributed by atoms with E-state index in [1.165, 1.54) is 0 Å². The van der Waals surface area contributed by atoms with E-state index in [1.807, 2.05) is 0 Å². The first-order chi connectivity index (χ1) is 7.27. The van der Waals surface area contributed by atoms with Crippen LogP contribution in [0.1, 0.15) is 44.9 Å². The number of nitrogens with one attached hydrogen (secondary N) is 2. The van der Waals surface area contributed by atoms with Gasteiger partial charge in [-0.1, -0.05) is 19.3 Å². The van der Waals surface area contributed by atoms with Crippen molar-refractivity contribution < 1.29 is 9.59 Å². The Hall–Kier alpha value is -1.06. The predicted octanol–water partition coefficient (Wildman–Crippen LogP) is 1.12. The van der Waals surface area contributed by atoms with Crippen molar-refractivity contribution in [3.05, 3.63) is 0 Å². The minimum Gasteiger partial charge on any atom is -0.273 e. The predicted molar refractivity (Wildman–Crippen MR) is 55.6 cm³/mol. The third-order valence-corrected chi connectivity index (χ3v) is 3.51. The summed E-state index contributed by atoms with van der Waals surface area (Å²) >= 11 is 0. The summed E-state index contributed by atoms with van der Waals surface area (Å²) < 4.78 is 0. The second-order valence-corrected chi connectivity index (χ2v) is 4.59. The van der Waals surface area contributed by atoms with Gasteiger partial charge in [0.05, 0.1) is 0 Å². The summed E-state index contributed by atoms with van der Waals surface area (Å²) in [7, 11) is 0. The van der Waals surface area contributed by atoms with Crippen LogP contribution >= 0.6 is 0 Å². The van der Waals surface area contributed by atoms with E-state index < -0.39 is 0 Å². The second-order valence-electron chi connectivity index (χ2n) is 4.59. The maximum absolute atomic E-state index is 11.6. The van der Waals surface area contributed by atoms with Crippen LogP contribution in [0.5, 0.6) is 0 Å². The molecular formula is C11H18N2O2. The van der Waals surface area contributed by atoms with Crippen LogP contribution in [0, 0.1) is 11.8 Å². The van der Waals surface area contributed by atoms with Gasteiger partial charge >= 0.3 is 0 Å². The lowest BCUT2D eigenvalue weighted by molar-refractivity contribution is -0.134. The molecule has 2 saturated carbocycles. The third kappa shape index (κ3) is 2.49. The third-order valence-electron chi connectivity index (χ3n) is 3.51. The molecule has 0 saturated heterocycles. The smallest absolute Gasteiger partial charge is 0.241 e. The van der Waals surface area contributed by atoms with E-state index in [2.05, 4.69) is 10.9 Å². The van der Waals surface area contributed by atoms with E-state index in [4.69, 9.17) is 0 Å². The zero-order valence-corrected chi connectivity index (χ0v) is 8.92. The lowest BCUT2D eigenvalue weighted by atomic mass is 9.85. The quantitative estimate of drug-likeness (QED) is 0.671. The maximum Gasteiger partial charge on any atom is 0.241 e. The van der Waals surface area contributed by atoms with Crippen LogP contribution in [-0.2, 0) is 9.59 Å². The molecule has 15 heavy (non-hydrogen) atoms. The lowest BCUT2D eigenvalue weighted by Crippen LogP contribution is -2.47. The first-order valence-electron chi connectivity index (χ1n) is 5.87. The first kappa shape index (κ1) is 10.5. The molecule has 0 spiro atoms. The average molecular weight is 210 g/mol. The van der Waals surface area contributed by atoms with Crippen molar-refractivity contribution in [2.75, 3.05) is 0 Å². The highest BCUT2D eigenvalue weighted by molar-refractivity contribution is 5.84. The molecule has 0 unspecified atom stereocenters. The van der Waals surface area contributed by atoms with Crippen LogP contribution in [0.15, 0.2) is 0 Å². The number of amides is 2. The van der Waals surface area contributed by atoms with Crippen molar-refractivity contribution in [2.45, 2.75) is 44.9 Å². The van der Waals surface area contributed by atoms with Crippen LogP contribution in [-0.4, -0.2) is 11.8 Å². The topological polar surface area (TPSA) is 58.2 Å². The number of carbonyl (C=O) groups is 2. The zero-order chi connectivity index (χ0) is 10.7. The molecule has 0 atom stereocenters. The van der Waals surface area contributed by atoms with Crippen molar-refractivity contribution in [1.29, 1.82) is 0 Å². The van der Waals surface area contributed by atoms with Gasteiger partial charge in [-0.15, -0.1) is 0 Å². The Morgan fingerprint density at radius 2 is 1.13 bits per heavy atom. The Kier molecular flexibility index (Phi) is 3.23. The summed E-state index contributed by atoms with van der Waals surface area (Å²) in [6.07, 6.45) is 7.25. The molecule has 0 aromatic rings. The van der Waals surface area contributed by atoms with Gasteiger partial charge in [0.2, 0.25) is 11.8 Å². The fourth-order valence-electron chi connectivity index (χ4n) is 2.19. The number of hydrogen-bond acceptors (Lipinski definition) is 2. The van der Waals surface area contributed by atoms with Crippen molar-refractivity contribution in [2.24, 2.45) is 11.8 Å². The van der Waals surface area contributed by atoms with Crippen LogP contribution in [0.4, 0.5) is 0 Å². The fraction of sp³-hybridized carbons (Fsp3) is 0.818. The minimum absolute atomic E-state index is 0.0137. The monoisotopic (exact) mass is 210 g/mol. The van der Waals surface area contributed by atoms with Gasteiger partial charge in [-0.2, -0.15) is 0 Å². The molecular weight excluding hydrogens is 192 g/mol. The van der Waals surface area contributed by atoms with Gasteiger partial charge in [0, 0.05) is 11.8 Å². The second kappa shape index (κ2) is 4.64. The van der Waals surface area contributed by atoms with Gasteiger partial charge in [0.25, 0.3) is 0 Å². The van der Waals surface area contributed by atoms with Gasteiger partial charge in [-0.05, 0) is 25.7 Å². The number of hydrazine groups is 1. The molecule has 0 bridgehead atoms. The van der Waals surface area contributed by atoms with Crippen molar-refractivity contribution in [3.8, 4) is 0 Å². The molecule has 0 aromatic heterocycles. The Bertz CT molecular complexity index is 255. The molecule has 4 nitrogen and oxygen atoms in total. The molecule has 2 amide bonds. The summed E-state index contributed by atoms with van der Waals surface area (Å²) in [6, 6.07) is 0. The highest BCUT2D eigenvalue weighted by Crippen LogP contribution is 2.26. The lowest BCUT2D eigenvalue weighted by Gasteiger charge is -2.24. The average Bonchev–Trinajstić information content (AvgIpc) is 2.63. The van der Waals surface area contributed by atoms with E-state index in [-0.39, 0.29) is 23.7 Å². The number of carbonyl (C=O) groups excluding carboxylic acids is 2. The van der Waals surface area contributed by atoms with Crippen molar-refractivity contribution in [1.82, 2.24) is 10.9 Å². The molecule has 0 aromatic carbocycles. The Labute approximate surface area is 89.8 Å². The molecule has 2 N–H and O–H groups in total. The van der Waals surface area contributed by atoms with E-state index >= 15 is 0 Å². The molecule has 2 fully saturated rings. The molecule has 2 aliphatic rings. The van der Waals surface area contributed by atoms with Crippen LogP contribution in [0.3, 0.4) is 0 Å². The van der Waals surface area contributed by atoms with Crippen molar-refractivity contribution in [3.63, 3.8) is 0 Å². The molecule has 2 rings (SSSR count). The van der Waals surface area contributed by atoms with E-state index in [0.717, 1.165) is 44.9 Å². The standard InChI is InChI=1S/C11H18N2O2/c14-10(8-4-1-2-5-8)12-13-11(15)9-6-3-7-9/h8-9H,1-7H2,(H,12,14)(H,13,15). The molecule has 84 valence electrons. The van der Waals surface area contributed by atoms with Gasteiger partial charge in [-0.25, -0.2) is 0 Å². The summed E-state index contributed by atoms with van der Waals surface area (Å²) in [5.74, 6) is 0.216. The van der Waals surface area contributed by atoms with E-state index in [9.17, 15) is 9.59 Å². The van der Waals surface area contributed by atoms with Crippen LogP contribution in [0.2, 0.25) is 0 Å². The zero-order valence-electron chi connectivity index (χ0n) is 8.92. The summed E-state index contributed by atoms with van der Waals surface area (Å²) in [5, 5.41) is 0. The SMILES string of the molecule is O=C(NNC(=O)C1CCC1)C1CCCC1. The van der Waals surface area contributed by atoms with E-state index in [0.29, 0.717) is 0 Å². The highest BCUT2D eigenvalue weighted by atomic mass is 16.2. The first-order valence-corrected chi connectivity index (χ1v) is 5.87. The Morgan fingerprint density at radius 3 is 1.47 bits per heavy atom. The normalized spacial score (nSPS) is 22.1. The highest BCUT2D eigenvalue weighted by Gasteiger charge is 2.27. The largest absolute Gasteiger partial charge is 0.273 e. The molecule has 0 aliphatic heterocycles. The Morgan fingerprint density at radius 1 is 0.733 bits per heavy atom. The fourth-order valence-corrected chi connectivity index (χ4v) is 2.19. The van der Waals surface area contributed by atoms with Gasteiger partial charge in [-0.3, -0.25) is 20.4 Å². The Balaban J connectivity index is 1.67. The van der Waals surface area contributed by atoms with Gasteiger partial charge in [0.15, 0.2) is 0 Å². The molecule has 4 heteroatoms. The molecule has 0 heterocycles. The number of hydrogen-bond donors (Lipinski definition) is 2. The van der Waals surface area contributed by atoms with E-state index in [1.54, 1.807) is 0 Å². The van der Waals surface area contributed by atoms with Gasteiger partial charge < -0.3 is 0 Å². The summed E-state index contributed by atoms with van der Waals surface area (Å²) in [6.45, 7) is 0. The minimum atomic E-state index is -0.0207. The molecule has 0 radical (unpaired) electrons. The van der Waals surface area contributed by atoms with Gasteiger partial charge in [0.1, 0.15) is 0 Å². The molecule has 2 aliphatic carbocycles. The summed E-state index contributed by atoms with van der Waals surface area (Å²) in [4.78, 5) is 23.0. The van der Waals surface area contributed by atoms with Crippen LogP contribution in [0.25, 0.3) is 0 Å². The van der Waals surface area contributed by atoms with Crippen LogP contribution < -0.4 is 10.9 Å².